The van der Waals surface area contributed by atoms with Gasteiger partial charge < -0.3 is 19.7 Å². The van der Waals surface area contributed by atoms with Gasteiger partial charge >= 0.3 is 0 Å². The van der Waals surface area contributed by atoms with Gasteiger partial charge in [0.15, 0.2) is 11.5 Å². The molecule has 1 fully saturated rings. The van der Waals surface area contributed by atoms with Crippen LogP contribution in [0.15, 0.2) is 12.3 Å². The first-order valence-corrected chi connectivity index (χ1v) is 7.55. The van der Waals surface area contributed by atoms with Crippen LogP contribution in [0.5, 0.6) is 11.5 Å². The van der Waals surface area contributed by atoms with Gasteiger partial charge in [0.1, 0.15) is 13.2 Å². The fourth-order valence-electron chi connectivity index (χ4n) is 2.79. The third kappa shape index (κ3) is 3.22. The van der Waals surface area contributed by atoms with E-state index in [1.54, 1.807) is 6.20 Å². The van der Waals surface area contributed by atoms with Crippen molar-refractivity contribution in [2.24, 2.45) is 0 Å². The molecule has 1 aromatic rings. The molecule has 0 radical (unpaired) electrons. The van der Waals surface area contributed by atoms with Gasteiger partial charge in [-0.15, -0.1) is 0 Å². The molecule has 1 saturated heterocycles. The molecule has 1 N–H and O–H groups in total. The SMILES string of the molecule is CCN1CCC(NCc2cc3c(cn2)OCCO3)CC1. The molecule has 0 amide bonds. The number of ether oxygens (including phenoxy) is 2. The van der Waals surface area contributed by atoms with Crippen LogP contribution in [0.25, 0.3) is 0 Å². The maximum Gasteiger partial charge on any atom is 0.179 e. The molecule has 2 aliphatic rings. The zero-order chi connectivity index (χ0) is 13.8. The van der Waals surface area contributed by atoms with Gasteiger partial charge in [-0.3, -0.25) is 4.98 Å². The van der Waals surface area contributed by atoms with Gasteiger partial charge in [-0.2, -0.15) is 0 Å². The number of hydrogen-bond acceptors (Lipinski definition) is 5. The monoisotopic (exact) mass is 277 g/mol. The highest BCUT2D eigenvalue weighted by molar-refractivity contribution is 5.39. The third-order valence-corrected chi connectivity index (χ3v) is 4.09. The van der Waals surface area contributed by atoms with Crippen molar-refractivity contribution in [3.8, 4) is 11.5 Å². The van der Waals surface area contributed by atoms with Gasteiger partial charge in [-0.05, 0) is 32.5 Å². The van der Waals surface area contributed by atoms with Gasteiger partial charge in [0.05, 0.1) is 11.9 Å². The largest absolute Gasteiger partial charge is 0.486 e. The number of aromatic nitrogens is 1. The molecule has 0 unspecified atom stereocenters. The Labute approximate surface area is 120 Å². The summed E-state index contributed by atoms with van der Waals surface area (Å²) in [4.78, 5) is 6.93. The summed E-state index contributed by atoms with van der Waals surface area (Å²) in [7, 11) is 0. The highest BCUT2D eigenvalue weighted by Gasteiger charge is 2.18. The Morgan fingerprint density at radius 2 is 2.00 bits per heavy atom. The molecule has 5 nitrogen and oxygen atoms in total. The summed E-state index contributed by atoms with van der Waals surface area (Å²) in [5.41, 5.74) is 1.02. The molecule has 3 heterocycles. The van der Waals surface area contributed by atoms with E-state index in [-0.39, 0.29) is 0 Å². The summed E-state index contributed by atoms with van der Waals surface area (Å²) >= 11 is 0. The number of piperidine rings is 1. The van der Waals surface area contributed by atoms with Gasteiger partial charge in [0, 0.05) is 18.7 Å². The molecule has 0 spiro atoms. The van der Waals surface area contributed by atoms with Crippen molar-refractivity contribution in [1.29, 1.82) is 0 Å². The molecule has 5 heteroatoms. The van der Waals surface area contributed by atoms with Crippen molar-refractivity contribution < 1.29 is 9.47 Å². The standard InChI is InChI=1S/C15H23N3O2/c1-2-18-5-3-12(4-6-18)16-10-13-9-14-15(11-17-13)20-8-7-19-14/h9,11-12,16H,2-8,10H2,1H3. The van der Waals surface area contributed by atoms with E-state index in [2.05, 4.69) is 22.1 Å². The van der Waals surface area contributed by atoms with Crippen LogP contribution in [0.1, 0.15) is 25.5 Å². The average molecular weight is 277 g/mol. The average Bonchev–Trinajstić information content (AvgIpc) is 2.53. The zero-order valence-electron chi connectivity index (χ0n) is 12.1. The maximum absolute atomic E-state index is 5.59. The highest BCUT2D eigenvalue weighted by Crippen LogP contribution is 2.29. The van der Waals surface area contributed by atoms with Gasteiger partial charge in [-0.25, -0.2) is 0 Å². The molecule has 20 heavy (non-hydrogen) atoms. The van der Waals surface area contributed by atoms with Crippen LogP contribution < -0.4 is 14.8 Å². The van der Waals surface area contributed by atoms with Gasteiger partial charge in [0.2, 0.25) is 0 Å². The normalized spacial score (nSPS) is 20.1. The van der Waals surface area contributed by atoms with Crippen molar-refractivity contribution >= 4 is 0 Å². The predicted molar refractivity (Wildman–Crippen MR) is 77.2 cm³/mol. The van der Waals surface area contributed by atoms with Crippen LogP contribution in [-0.4, -0.2) is 48.8 Å². The summed E-state index contributed by atoms with van der Waals surface area (Å²) < 4.78 is 11.1. The first-order valence-electron chi connectivity index (χ1n) is 7.55. The van der Waals surface area contributed by atoms with Crippen LogP contribution in [-0.2, 0) is 6.54 Å². The fourth-order valence-corrected chi connectivity index (χ4v) is 2.79. The molecule has 1 aromatic heterocycles. The number of rotatable bonds is 4. The third-order valence-electron chi connectivity index (χ3n) is 4.09. The number of fused-ring (bicyclic) bond motifs is 1. The quantitative estimate of drug-likeness (QED) is 0.902. The minimum Gasteiger partial charge on any atom is -0.486 e. The van der Waals surface area contributed by atoms with Gasteiger partial charge in [-0.1, -0.05) is 6.92 Å². The minimum atomic E-state index is 0.604. The molecule has 3 rings (SSSR count). The highest BCUT2D eigenvalue weighted by atomic mass is 16.6. The first kappa shape index (κ1) is 13.6. The van der Waals surface area contributed by atoms with E-state index in [0.29, 0.717) is 19.3 Å². The lowest BCUT2D eigenvalue weighted by molar-refractivity contribution is 0.170. The Morgan fingerprint density at radius 1 is 1.25 bits per heavy atom. The Hall–Kier alpha value is -1.33. The van der Waals surface area contributed by atoms with E-state index in [1.165, 1.54) is 25.9 Å². The summed E-state index contributed by atoms with van der Waals surface area (Å²) in [6.07, 6.45) is 4.21. The molecule has 2 aliphatic heterocycles. The van der Waals surface area contributed by atoms with Crippen LogP contribution >= 0.6 is 0 Å². The van der Waals surface area contributed by atoms with Crippen molar-refractivity contribution in [3.63, 3.8) is 0 Å². The number of likely N-dealkylation sites (tertiary alicyclic amines) is 1. The van der Waals surface area contributed by atoms with Gasteiger partial charge in [0.25, 0.3) is 0 Å². The second kappa shape index (κ2) is 6.41. The Morgan fingerprint density at radius 3 is 2.75 bits per heavy atom. The van der Waals surface area contributed by atoms with Crippen LogP contribution in [0.4, 0.5) is 0 Å². The second-order valence-corrected chi connectivity index (χ2v) is 5.41. The van der Waals surface area contributed by atoms with Crippen molar-refractivity contribution in [2.75, 3.05) is 32.8 Å². The Bertz CT molecular complexity index is 445. The molecular weight excluding hydrogens is 254 g/mol. The number of nitrogens with one attached hydrogen (secondary N) is 1. The van der Waals surface area contributed by atoms with Crippen LogP contribution in [0.3, 0.4) is 0 Å². The maximum atomic E-state index is 5.59. The lowest BCUT2D eigenvalue weighted by atomic mass is 10.1. The fraction of sp³-hybridized carbons (Fsp3) is 0.667. The molecule has 0 bridgehead atoms. The van der Waals surface area contributed by atoms with E-state index < -0.39 is 0 Å². The minimum absolute atomic E-state index is 0.604. The second-order valence-electron chi connectivity index (χ2n) is 5.41. The van der Waals surface area contributed by atoms with E-state index in [1.807, 2.05) is 6.07 Å². The predicted octanol–water partition coefficient (Wildman–Crippen LogP) is 1.43. The molecule has 0 aromatic carbocycles. The summed E-state index contributed by atoms with van der Waals surface area (Å²) in [5.74, 6) is 1.58. The smallest absolute Gasteiger partial charge is 0.179 e. The number of hydrogen-bond donors (Lipinski definition) is 1. The Balaban J connectivity index is 1.51. The summed E-state index contributed by atoms with van der Waals surface area (Å²) in [6, 6.07) is 2.59. The molecular formula is C15H23N3O2. The van der Waals surface area contributed by atoms with Crippen LogP contribution in [0, 0.1) is 0 Å². The lowest BCUT2D eigenvalue weighted by Crippen LogP contribution is -2.42. The number of pyridine rings is 1. The summed E-state index contributed by atoms with van der Waals surface area (Å²) in [6.45, 7) is 7.82. The lowest BCUT2D eigenvalue weighted by Gasteiger charge is -2.31. The zero-order valence-corrected chi connectivity index (χ0v) is 12.1. The summed E-state index contributed by atoms with van der Waals surface area (Å²) in [5, 5.41) is 3.60. The van der Waals surface area contributed by atoms with Crippen molar-refractivity contribution in [2.45, 2.75) is 32.4 Å². The molecule has 0 aliphatic carbocycles. The molecule has 0 saturated carbocycles. The first-order chi connectivity index (χ1) is 9.85. The number of nitrogens with zero attached hydrogens (tertiary/aromatic N) is 2. The van der Waals surface area contributed by atoms with Crippen LogP contribution in [0.2, 0.25) is 0 Å². The van der Waals surface area contributed by atoms with Crippen molar-refractivity contribution in [3.05, 3.63) is 18.0 Å². The Kier molecular flexibility index (Phi) is 4.38. The van der Waals surface area contributed by atoms with E-state index in [0.717, 1.165) is 30.3 Å². The van der Waals surface area contributed by atoms with E-state index in [4.69, 9.17) is 9.47 Å². The van der Waals surface area contributed by atoms with E-state index in [9.17, 15) is 0 Å². The molecule has 110 valence electrons. The van der Waals surface area contributed by atoms with Crippen molar-refractivity contribution in [1.82, 2.24) is 15.2 Å². The van der Waals surface area contributed by atoms with E-state index >= 15 is 0 Å². The molecule has 0 atom stereocenters. The topological polar surface area (TPSA) is 46.6 Å².